The van der Waals surface area contributed by atoms with Crippen molar-refractivity contribution in [3.63, 3.8) is 0 Å². The Balaban J connectivity index is 2.89. The molecule has 0 aliphatic heterocycles. The van der Waals surface area contributed by atoms with Crippen molar-refractivity contribution in [3.05, 3.63) is 58.7 Å². The third-order valence-corrected chi connectivity index (χ3v) is 4.27. The van der Waals surface area contributed by atoms with Gasteiger partial charge in [-0.25, -0.2) is 0 Å². The lowest BCUT2D eigenvalue weighted by Crippen LogP contribution is -2.19. The van der Waals surface area contributed by atoms with E-state index in [1.807, 2.05) is 13.0 Å². The Bertz CT molecular complexity index is 611. The standard InChI is InChI=1S/C20H25F3O/c1-15(7-5-9-17(12-14-24)20(21,22)23)10-11-18-16(2)8-6-13-19(18,3)4/h5,7,9-12,14H,6,8,13H2,1-4H3/b9-5-,11-10+,15-7+,17-12-. The van der Waals surface area contributed by atoms with E-state index in [2.05, 4.69) is 26.8 Å². The van der Waals surface area contributed by atoms with Crippen molar-refractivity contribution in [2.75, 3.05) is 0 Å². The van der Waals surface area contributed by atoms with Gasteiger partial charge in [-0.3, -0.25) is 4.79 Å². The summed E-state index contributed by atoms with van der Waals surface area (Å²) in [7, 11) is 0. The topological polar surface area (TPSA) is 17.1 Å². The summed E-state index contributed by atoms with van der Waals surface area (Å²) in [5.74, 6) is 0. The van der Waals surface area contributed by atoms with Gasteiger partial charge < -0.3 is 0 Å². The van der Waals surface area contributed by atoms with Gasteiger partial charge in [0.15, 0.2) is 0 Å². The monoisotopic (exact) mass is 338 g/mol. The molecule has 0 atom stereocenters. The molecule has 0 unspecified atom stereocenters. The summed E-state index contributed by atoms with van der Waals surface area (Å²) in [6, 6.07) is 0. The van der Waals surface area contributed by atoms with Crippen LogP contribution < -0.4 is 0 Å². The van der Waals surface area contributed by atoms with Crippen LogP contribution in [0.25, 0.3) is 0 Å². The molecule has 0 N–H and O–H groups in total. The summed E-state index contributed by atoms with van der Waals surface area (Å²) in [5, 5.41) is 0. The smallest absolute Gasteiger partial charge is 0.299 e. The van der Waals surface area contributed by atoms with Gasteiger partial charge in [0, 0.05) is 0 Å². The Morgan fingerprint density at radius 2 is 1.83 bits per heavy atom. The fraction of sp³-hybridized carbons (Fsp3) is 0.450. The van der Waals surface area contributed by atoms with Gasteiger partial charge in [-0.15, -0.1) is 0 Å². The average molecular weight is 338 g/mol. The van der Waals surface area contributed by atoms with Gasteiger partial charge in [-0.2, -0.15) is 13.2 Å². The normalized spacial score (nSPS) is 20.3. The van der Waals surface area contributed by atoms with Crippen LogP contribution in [0.1, 0.15) is 47.0 Å². The Labute approximate surface area is 142 Å². The fourth-order valence-corrected chi connectivity index (χ4v) is 2.90. The van der Waals surface area contributed by atoms with E-state index >= 15 is 0 Å². The van der Waals surface area contributed by atoms with E-state index in [9.17, 15) is 18.0 Å². The first-order valence-corrected chi connectivity index (χ1v) is 8.04. The van der Waals surface area contributed by atoms with E-state index in [1.165, 1.54) is 23.6 Å². The molecule has 0 fully saturated rings. The van der Waals surface area contributed by atoms with Gasteiger partial charge in [0.25, 0.3) is 0 Å². The van der Waals surface area contributed by atoms with E-state index < -0.39 is 11.7 Å². The summed E-state index contributed by atoms with van der Waals surface area (Å²) in [4.78, 5) is 10.3. The molecule has 1 nitrogen and oxygen atoms in total. The highest BCUT2D eigenvalue weighted by atomic mass is 19.4. The van der Waals surface area contributed by atoms with Crippen LogP contribution in [0.2, 0.25) is 0 Å². The molecule has 132 valence electrons. The van der Waals surface area contributed by atoms with E-state index in [4.69, 9.17) is 0 Å². The first-order valence-electron chi connectivity index (χ1n) is 8.04. The first kappa shape index (κ1) is 20.2. The number of hydrogen-bond donors (Lipinski definition) is 0. The van der Waals surface area contributed by atoms with Crippen molar-refractivity contribution in [1.29, 1.82) is 0 Å². The van der Waals surface area contributed by atoms with Crippen molar-refractivity contribution in [1.82, 2.24) is 0 Å². The molecule has 0 bridgehead atoms. The highest BCUT2D eigenvalue weighted by molar-refractivity contribution is 5.67. The number of hydrogen-bond acceptors (Lipinski definition) is 1. The lowest BCUT2D eigenvalue weighted by Gasteiger charge is -2.32. The molecule has 1 aliphatic rings. The van der Waals surface area contributed by atoms with Crippen LogP contribution >= 0.6 is 0 Å². The maximum Gasteiger partial charge on any atom is 0.416 e. The molecule has 0 heterocycles. The molecule has 1 aliphatic carbocycles. The second kappa shape index (κ2) is 8.32. The summed E-state index contributed by atoms with van der Waals surface area (Å²) >= 11 is 0. The second-order valence-corrected chi connectivity index (χ2v) is 6.79. The van der Waals surface area contributed by atoms with Crippen LogP contribution in [-0.2, 0) is 4.79 Å². The highest BCUT2D eigenvalue weighted by Crippen LogP contribution is 2.40. The minimum atomic E-state index is -4.52. The predicted molar refractivity (Wildman–Crippen MR) is 92.6 cm³/mol. The summed E-state index contributed by atoms with van der Waals surface area (Å²) in [6.07, 6.45) is 7.38. The third-order valence-electron chi connectivity index (χ3n) is 4.27. The Morgan fingerprint density at radius 1 is 1.17 bits per heavy atom. The summed E-state index contributed by atoms with van der Waals surface area (Å²) in [5.41, 5.74) is 2.70. The molecule has 1 rings (SSSR count). The molecule has 4 heteroatoms. The van der Waals surface area contributed by atoms with E-state index in [0.29, 0.717) is 6.08 Å². The average Bonchev–Trinajstić information content (AvgIpc) is 2.44. The molecule has 0 aromatic rings. The van der Waals surface area contributed by atoms with Gasteiger partial charge in [-0.1, -0.05) is 49.3 Å². The molecule has 0 aromatic carbocycles. The number of carbonyl (C=O) groups excluding carboxylic acids is 1. The van der Waals surface area contributed by atoms with Gasteiger partial charge in [0.1, 0.15) is 6.29 Å². The SMILES string of the molecule is CC1=C(/C=C/C(C)=C/C=C\C(=C\C=O)C(F)(F)F)C(C)(C)CCC1. The van der Waals surface area contributed by atoms with Crippen LogP contribution in [0.4, 0.5) is 13.2 Å². The minimum absolute atomic E-state index is 0.130. The Morgan fingerprint density at radius 3 is 2.38 bits per heavy atom. The molecule has 0 saturated carbocycles. The lowest BCUT2D eigenvalue weighted by molar-refractivity contribution is -0.106. The minimum Gasteiger partial charge on any atom is -0.299 e. The molecule has 0 saturated heterocycles. The zero-order valence-electron chi connectivity index (χ0n) is 14.7. The number of allylic oxidation sites excluding steroid dienone is 10. The Kier molecular flexibility index (Phi) is 7.00. The van der Waals surface area contributed by atoms with Gasteiger partial charge in [-0.05, 0) is 56.3 Å². The molecule has 0 aromatic heterocycles. The van der Waals surface area contributed by atoms with Gasteiger partial charge in [0.05, 0.1) is 5.57 Å². The molecule has 24 heavy (non-hydrogen) atoms. The van der Waals surface area contributed by atoms with Crippen molar-refractivity contribution in [3.8, 4) is 0 Å². The quantitative estimate of drug-likeness (QED) is 0.328. The number of alkyl halides is 3. The molecule has 0 amide bonds. The molecular formula is C20H25F3O. The first-order chi connectivity index (χ1) is 11.1. The number of carbonyl (C=O) groups is 1. The third kappa shape index (κ3) is 5.99. The maximum absolute atomic E-state index is 12.6. The summed E-state index contributed by atoms with van der Waals surface area (Å²) < 4.78 is 37.9. The maximum atomic E-state index is 12.6. The number of rotatable bonds is 5. The fourth-order valence-electron chi connectivity index (χ4n) is 2.90. The highest BCUT2D eigenvalue weighted by Gasteiger charge is 2.31. The van der Waals surface area contributed by atoms with Crippen LogP contribution in [0.15, 0.2) is 58.7 Å². The largest absolute Gasteiger partial charge is 0.416 e. The lowest BCUT2D eigenvalue weighted by atomic mass is 9.72. The molecule has 0 radical (unpaired) electrons. The van der Waals surface area contributed by atoms with E-state index in [1.54, 1.807) is 6.08 Å². The molecule has 0 spiro atoms. The van der Waals surface area contributed by atoms with Crippen LogP contribution in [0.5, 0.6) is 0 Å². The van der Waals surface area contributed by atoms with Gasteiger partial charge in [0.2, 0.25) is 0 Å². The van der Waals surface area contributed by atoms with Gasteiger partial charge >= 0.3 is 6.18 Å². The molecular weight excluding hydrogens is 313 g/mol. The van der Waals surface area contributed by atoms with Crippen molar-refractivity contribution in [2.24, 2.45) is 5.41 Å². The number of aldehydes is 1. The zero-order valence-corrected chi connectivity index (χ0v) is 14.7. The second-order valence-electron chi connectivity index (χ2n) is 6.79. The van der Waals surface area contributed by atoms with Crippen molar-refractivity contribution in [2.45, 2.75) is 53.1 Å². The van der Waals surface area contributed by atoms with Crippen LogP contribution in [0, 0.1) is 5.41 Å². The van der Waals surface area contributed by atoms with E-state index in [0.717, 1.165) is 24.5 Å². The van der Waals surface area contributed by atoms with E-state index in [-0.39, 0.29) is 11.7 Å². The van der Waals surface area contributed by atoms with Crippen molar-refractivity contribution < 1.29 is 18.0 Å². The van der Waals surface area contributed by atoms with Crippen LogP contribution in [0.3, 0.4) is 0 Å². The summed E-state index contributed by atoms with van der Waals surface area (Å²) in [6.45, 7) is 8.41. The van der Waals surface area contributed by atoms with Crippen molar-refractivity contribution >= 4 is 6.29 Å². The van der Waals surface area contributed by atoms with Crippen LogP contribution in [-0.4, -0.2) is 12.5 Å². The Hall–Kier alpha value is -1.84. The zero-order chi connectivity index (χ0) is 18.4. The predicted octanol–water partition coefficient (Wildman–Crippen LogP) is 6.26. The number of halogens is 3.